The van der Waals surface area contributed by atoms with E-state index in [-0.39, 0.29) is 11.9 Å². The van der Waals surface area contributed by atoms with Crippen LogP contribution < -0.4 is 10.1 Å². The number of aryl methyl sites for hydroxylation is 1. The molecule has 0 spiro atoms. The lowest BCUT2D eigenvalue weighted by Gasteiger charge is -2.29. The van der Waals surface area contributed by atoms with Crippen molar-refractivity contribution in [2.24, 2.45) is 0 Å². The molecule has 110 valence electrons. The molecule has 2 aliphatic rings. The molecule has 6 nitrogen and oxygen atoms in total. The highest BCUT2D eigenvalue weighted by Crippen LogP contribution is 2.25. The van der Waals surface area contributed by atoms with E-state index in [4.69, 9.17) is 4.74 Å². The van der Waals surface area contributed by atoms with Gasteiger partial charge in [0, 0.05) is 24.6 Å². The average Bonchev–Trinajstić information content (AvgIpc) is 2.79. The number of likely N-dealkylation sites (tertiary alicyclic amines) is 1. The number of nitrogens with one attached hydrogen (secondary N) is 1. The van der Waals surface area contributed by atoms with Gasteiger partial charge in [0.2, 0.25) is 5.88 Å². The first-order chi connectivity index (χ1) is 9.65. The number of aromatic nitrogens is 2. The van der Waals surface area contributed by atoms with Crippen LogP contribution in [0.25, 0.3) is 0 Å². The predicted molar refractivity (Wildman–Crippen MR) is 75.1 cm³/mol. The van der Waals surface area contributed by atoms with Crippen LogP contribution in [-0.4, -0.2) is 53.4 Å². The summed E-state index contributed by atoms with van der Waals surface area (Å²) >= 11 is 0. The lowest BCUT2D eigenvalue weighted by Crippen LogP contribution is -2.43. The van der Waals surface area contributed by atoms with Crippen LogP contribution in [0.2, 0.25) is 0 Å². The number of carbonyl (C=O) groups is 1. The molecule has 0 aliphatic carbocycles. The topological polar surface area (TPSA) is 59.4 Å². The van der Waals surface area contributed by atoms with Crippen LogP contribution >= 0.6 is 0 Å². The molecule has 2 aliphatic heterocycles. The van der Waals surface area contributed by atoms with E-state index in [1.165, 1.54) is 0 Å². The third kappa shape index (κ3) is 2.52. The Labute approximate surface area is 119 Å². The van der Waals surface area contributed by atoms with Crippen LogP contribution in [0.5, 0.6) is 5.88 Å². The first-order valence-corrected chi connectivity index (χ1v) is 7.35. The maximum absolute atomic E-state index is 12.4. The molecule has 1 aromatic heterocycles. The molecule has 3 rings (SSSR count). The highest BCUT2D eigenvalue weighted by molar-refractivity contribution is 5.94. The van der Waals surface area contributed by atoms with E-state index < -0.39 is 0 Å². The number of fused-ring (bicyclic) bond motifs is 1. The summed E-state index contributed by atoms with van der Waals surface area (Å²) in [5.41, 5.74) is 1.37. The average molecular weight is 278 g/mol. The number of ether oxygens (including phenoxy) is 1. The number of amides is 1. The van der Waals surface area contributed by atoms with E-state index in [0.29, 0.717) is 12.3 Å². The Morgan fingerprint density at radius 2 is 2.10 bits per heavy atom. The van der Waals surface area contributed by atoms with Gasteiger partial charge in [0.1, 0.15) is 0 Å². The Hall–Kier alpha value is -1.56. The Bertz CT molecular complexity index is 504. The first-order valence-electron chi connectivity index (χ1n) is 7.35. The fourth-order valence-electron chi connectivity index (χ4n) is 2.88. The third-order valence-corrected chi connectivity index (χ3v) is 4.15. The van der Waals surface area contributed by atoms with Gasteiger partial charge in [-0.1, -0.05) is 0 Å². The van der Waals surface area contributed by atoms with Crippen molar-refractivity contribution >= 4 is 5.91 Å². The second-order valence-electron chi connectivity index (χ2n) is 5.75. The SMILES string of the molecule is Cc1c(C(=O)NC2CCN(C)CC2)nn2c1OCCC2. The molecule has 0 unspecified atom stereocenters. The lowest BCUT2D eigenvalue weighted by molar-refractivity contribution is 0.0910. The number of piperidine rings is 1. The zero-order valence-corrected chi connectivity index (χ0v) is 12.2. The highest BCUT2D eigenvalue weighted by Gasteiger charge is 2.25. The van der Waals surface area contributed by atoms with Crippen LogP contribution in [0.4, 0.5) is 0 Å². The van der Waals surface area contributed by atoms with E-state index in [9.17, 15) is 4.79 Å². The number of carbonyl (C=O) groups excluding carboxylic acids is 1. The normalized spacial score (nSPS) is 20.3. The van der Waals surface area contributed by atoms with Gasteiger partial charge in [-0.05, 0) is 39.9 Å². The van der Waals surface area contributed by atoms with Gasteiger partial charge in [-0.3, -0.25) is 4.79 Å². The fraction of sp³-hybridized carbons (Fsp3) is 0.714. The van der Waals surface area contributed by atoms with Crippen LogP contribution in [-0.2, 0) is 6.54 Å². The molecule has 0 saturated carbocycles. The number of nitrogens with zero attached hydrogens (tertiary/aromatic N) is 3. The Morgan fingerprint density at radius 1 is 1.35 bits per heavy atom. The lowest BCUT2D eigenvalue weighted by atomic mass is 10.1. The summed E-state index contributed by atoms with van der Waals surface area (Å²) in [7, 11) is 2.11. The molecule has 0 atom stereocenters. The molecule has 1 aromatic rings. The molecule has 0 bridgehead atoms. The van der Waals surface area contributed by atoms with Gasteiger partial charge < -0.3 is 15.0 Å². The summed E-state index contributed by atoms with van der Waals surface area (Å²) in [5, 5.41) is 7.51. The van der Waals surface area contributed by atoms with Gasteiger partial charge in [0.25, 0.3) is 5.91 Å². The van der Waals surface area contributed by atoms with Crippen molar-refractivity contribution in [2.45, 2.75) is 38.8 Å². The largest absolute Gasteiger partial charge is 0.478 e. The summed E-state index contributed by atoms with van der Waals surface area (Å²) in [5.74, 6) is 0.687. The maximum atomic E-state index is 12.4. The number of hydrogen-bond acceptors (Lipinski definition) is 4. The smallest absolute Gasteiger partial charge is 0.272 e. The summed E-state index contributed by atoms with van der Waals surface area (Å²) in [6.45, 7) is 5.52. The summed E-state index contributed by atoms with van der Waals surface area (Å²) in [4.78, 5) is 14.7. The van der Waals surface area contributed by atoms with E-state index in [1.807, 2.05) is 11.6 Å². The van der Waals surface area contributed by atoms with Crippen molar-refractivity contribution < 1.29 is 9.53 Å². The first kappa shape index (κ1) is 13.4. The minimum atomic E-state index is -0.0671. The van der Waals surface area contributed by atoms with E-state index >= 15 is 0 Å². The molecule has 6 heteroatoms. The minimum Gasteiger partial charge on any atom is -0.478 e. The number of rotatable bonds is 2. The number of hydrogen-bond donors (Lipinski definition) is 1. The molecule has 3 heterocycles. The molecular weight excluding hydrogens is 256 g/mol. The van der Waals surface area contributed by atoms with Crippen molar-refractivity contribution in [3.8, 4) is 5.88 Å². The van der Waals surface area contributed by atoms with Crippen LogP contribution in [0.3, 0.4) is 0 Å². The molecule has 1 N–H and O–H groups in total. The predicted octanol–water partition coefficient (Wildman–Crippen LogP) is 0.798. The van der Waals surface area contributed by atoms with Crippen molar-refractivity contribution in [3.63, 3.8) is 0 Å². The summed E-state index contributed by atoms with van der Waals surface area (Å²) < 4.78 is 7.41. The Morgan fingerprint density at radius 3 is 2.80 bits per heavy atom. The van der Waals surface area contributed by atoms with Gasteiger partial charge in [0.05, 0.1) is 6.61 Å². The molecule has 0 aromatic carbocycles. The third-order valence-electron chi connectivity index (χ3n) is 4.15. The molecule has 1 fully saturated rings. The monoisotopic (exact) mass is 278 g/mol. The van der Waals surface area contributed by atoms with Crippen LogP contribution in [0, 0.1) is 6.92 Å². The van der Waals surface area contributed by atoms with Crippen LogP contribution in [0.1, 0.15) is 35.3 Å². The molecule has 1 saturated heterocycles. The van der Waals surface area contributed by atoms with E-state index in [0.717, 1.165) is 50.3 Å². The van der Waals surface area contributed by atoms with Gasteiger partial charge in [-0.15, -0.1) is 0 Å². The highest BCUT2D eigenvalue weighted by atomic mass is 16.5. The van der Waals surface area contributed by atoms with Gasteiger partial charge in [-0.25, -0.2) is 4.68 Å². The maximum Gasteiger partial charge on any atom is 0.272 e. The zero-order valence-electron chi connectivity index (χ0n) is 12.2. The minimum absolute atomic E-state index is 0.0671. The van der Waals surface area contributed by atoms with Crippen molar-refractivity contribution in [1.82, 2.24) is 20.0 Å². The standard InChI is InChI=1S/C14H22N4O2/c1-10-12(16-18-6-3-9-20-14(10)18)13(19)15-11-4-7-17(2)8-5-11/h11H,3-9H2,1-2H3,(H,15,19). The summed E-state index contributed by atoms with van der Waals surface area (Å²) in [6.07, 6.45) is 2.96. The van der Waals surface area contributed by atoms with Crippen LogP contribution in [0.15, 0.2) is 0 Å². The van der Waals surface area contributed by atoms with Crippen molar-refractivity contribution in [1.29, 1.82) is 0 Å². The second-order valence-corrected chi connectivity index (χ2v) is 5.75. The molecule has 0 radical (unpaired) electrons. The van der Waals surface area contributed by atoms with Gasteiger partial charge in [-0.2, -0.15) is 5.10 Å². The molecule has 20 heavy (non-hydrogen) atoms. The van der Waals surface area contributed by atoms with Crippen molar-refractivity contribution in [2.75, 3.05) is 26.7 Å². The molecule has 1 amide bonds. The van der Waals surface area contributed by atoms with Gasteiger partial charge >= 0.3 is 0 Å². The molecular formula is C14H22N4O2. The van der Waals surface area contributed by atoms with E-state index in [1.54, 1.807) is 0 Å². The Balaban J connectivity index is 1.69. The van der Waals surface area contributed by atoms with Gasteiger partial charge in [0.15, 0.2) is 5.69 Å². The zero-order chi connectivity index (χ0) is 14.1. The summed E-state index contributed by atoms with van der Waals surface area (Å²) in [6, 6.07) is 0.262. The van der Waals surface area contributed by atoms with Crippen molar-refractivity contribution in [3.05, 3.63) is 11.3 Å². The fourth-order valence-corrected chi connectivity index (χ4v) is 2.88. The second kappa shape index (κ2) is 5.44. The Kier molecular flexibility index (Phi) is 3.65. The van der Waals surface area contributed by atoms with E-state index in [2.05, 4.69) is 22.4 Å². The quantitative estimate of drug-likeness (QED) is 0.869.